The first-order valence-electron chi connectivity index (χ1n) is 8.47. The van der Waals surface area contributed by atoms with Crippen molar-refractivity contribution in [1.29, 1.82) is 0 Å². The van der Waals surface area contributed by atoms with Crippen molar-refractivity contribution in [2.24, 2.45) is 29.6 Å². The van der Waals surface area contributed by atoms with Crippen LogP contribution in [0.5, 0.6) is 0 Å². The van der Waals surface area contributed by atoms with Crippen molar-refractivity contribution < 1.29 is 5.11 Å². The normalized spacial score (nSPS) is 27.6. The molecule has 118 valence electrons. The maximum atomic E-state index is 8.85. The molecular weight excluding hydrogens is 256 g/mol. The lowest BCUT2D eigenvalue weighted by atomic mass is 9.97. The van der Waals surface area contributed by atoms with E-state index in [4.69, 9.17) is 5.11 Å². The fraction of sp³-hybridized carbons (Fsp3) is 0.700. The minimum absolute atomic E-state index is 0.335. The molecule has 1 aliphatic carbocycles. The second-order valence-corrected chi connectivity index (χ2v) is 6.59. The Balaban J connectivity index is 2.30. The highest BCUT2D eigenvalue weighted by molar-refractivity contribution is 5.14. The topological polar surface area (TPSA) is 20.2 Å². The molecule has 0 aromatic carbocycles. The van der Waals surface area contributed by atoms with Crippen LogP contribution in [0, 0.1) is 41.4 Å². The predicted molar refractivity (Wildman–Crippen MR) is 91.8 cm³/mol. The van der Waals surface area contributed by atoms with Gasteiger partial charge in [0.2, 0.25) is 0 Å². The second kappa shape index (κ2) is 9.85. The predicted octanol–water partition coefficient (Wildman–Crippen LogP) is 4.83. The van der Waals surface area contributed by atoms with Crippen LogP contribution in [0.1, 0.15) is 53.4 Å². The van der Waals surface area contributed by atoms with Crippen molar-refractivity contribution in [3.8, 4) is 11.8 Å². The Labute approximate surface area is 131 Å². The van der Waals surface area contributed by atoms with Crippen LogP contribution >= 0.6 is 0 Å². The summed E-state index contributed by atoms with van der Waals surface area (Å²) in [5.74, 6) is 9.80. The standard InChI is InChI=1S/C20H32O/c1-5-6-11-16(2)12-7-8-14-19-18(4)20(19)17(3)13-9-10-15-21/h7-8,12,14,16-21H,9-11,13,15H2,1-4H3. The first-order valence-corrected chi connectivity index (χ1v) is 8.47. The van der Waals surface area contributed by atoms with Gasteiger partial charge in [-0.2, -0.15) is 0 Å². The SMILES string of the molecule is CC#CCC(C)C=CC=CC1C(C)C1C(C)CCCCO. The zero-order chi connectivity index (χ0) is 15.7. The van der Waals surface area contributed by atoms with Crippen molar-refractivity contribution in [2.75, 3.05) is 6.61 Å². The average molecular weight is 288 g/mol. The quantitative estimate of drug-likeness (QED) is 0.366. The van der Waals surface area contributed by atoms with Crippen LogP contribution in [0.4, 0.5) is 0 Å². The molecule has 1 heteroatoms. The highest BCUT2D eigenvalue weighted by atomic mass is 16.2. The van der Waals surface area contributed by atoms with E-state index in [2.05, 4.69) is 56.9 Å². The molecule has 5 unspecified atom stereocenters. The van der Waals surface area contributed by atoms with E-state index < -0.39 is 0 Å². The van der Waals surface area contributed by atoms with Crippen LogP contribution in [-0.4, -0.2) is 11.7 Å². The van der Waals surface area contributed by atoms with Crippen LogP contribution in [0.25, 0.3) is 0 Å². The van der Waals surface area contributed by atoms with Gasteiger partial charge in [-0.05, 0) is 42.9 Å². The molecule has 1 nitrogen and oxygen atoms in total. The van der Waals surface area contributed by atoms with Gasteiger partial charge in [0.1, 0.15) is 0 Å². The van der Waals surface area contributed by atoms with Gasteiger partial charge >= 0.3 is 0 Å². The summed E-state index contributed by atoms with van der Waals surface area (Å²) >= 11 is 0. The van der Waals surface area contributed by atoms with Gasteiger partial charge in [0, 0.05) is 13.0 Å². The smallest absolute Gasteiger partial charge is 0.0431 e. The fourth-order valence-corrected chi connectivity index (χ4v) is 3.27. The molecule has 0 aliphatic heterocycles. The van der Waals surface area contributed by atoms with Gasteiger partial charge in [-0.3, -0.25) is 0 Å². The Morgan fingerprint density at radius 2 is 1.95 bits per heavy atom. The average Bonchev–Trinajstić information content (AvgIpc) is 3.11. The first-order chi connectivity index (χ1) is 10.1. The van der Waals surface area contributed by atoms with E-state index in [1.165, 1.54) is 6.42 Å². The molecule has 0 amide bonds. The molecule has 1 rings (SSSR count). The van der Waals surface area contributed by atoms with Crippen molar-refractivity contribution in [3.05, 3.63) is 24.3 Å². The Morgan fingerprint density at radius 3 is 2.62 bits per heavy atom. The van der Waals surface area contributed by atoms with Crippen LogP contribution < -0.4 is 0 Å². The molecule has 1 fully saturated rings. The largest absolute Gasteiger partial charge is 0.396 e. The molecule has 1 aliphatic rings. The lowest BCUT2D eigenvalue weighted by Crippen LogP contribution is -2.00. The number of allylic oxidation sites excluding steroid dienone is 4. The first kappa shape index (κ1) is 18.1. The van der Waals surface area contributed by atoms with Gasteiger partial charge < -0.3 is 5.11 Å². The summed E-state index contributed by atoms with van der Waals surface area (Å²) < 4.78 is 0. The summed E-state index contributed by atoms with van der Waals surface area (Å²) in [5.41, 5.74) is 0. The summed E-state index contributed by atoms with van der Waals surface area (Å²) in [6, 6.07) is 0. The summed E-state index contributed by atoms with van der Waals surface area (Å²) in [6.07, 6.45) is 13.3. The van der Waals surface area contributed by atoms with Gasteiger partial charge in [0.15, 0.2) is 0 Å². The maximum absolute atomic E-state index is 8.85. The van der Waals surface area contributed by atoms with Gasteiger partial charge in [0.05, 0.1) is 0 Å². The van der Waals surface area contributed by atoms with Crippen molar-refractivity contribution in [1.82, 2.24) is 0 Å². The minimum Gasteiger partial charge on any atom is -0.396 e. The molecular formula is C20H32O. The van der Waals surface area contributed by atoms with E-state index in [1.54, 1.807) is 0 Å². The summed E-state index contributed by atoms with van der Waals surface area (Å²) in [4.78, 5) is 0. The summed E-state index contributed by atoms with van der Waals surface area (Å²) in [7, 11) is 0. The molecule has 5 atom stereocenters. The summed E-state index contributed by atoms with van der Waals surface area (Å²) in [6.45, 7) is 9.17. The van der Waals surface area contributed by atoms with E-state index >= 15 is 0 Å². The Kier molecular flexibility index (Phi) is 8.47. The number of hydrogen-bond acceptors (Lipinski definition) is 1. The molecule has 0 aromatic rings. The molecule has 0 saturated heterocycles. The zero-order valence-corrected chi connectivity index (χ0v) is 14.2. The lowest BCUT2D eigenvalue weighted by molar-refractivity contribution is 0.276. The minimum atomic E-state index is 0.335. The van der Waals surface area contributed by atoms with Crippen molar-refractivity contribution in [2.45, 2.75) is 53.4 Å². The van der Waals surface area contributed by atoms with E-state index in [9.17, 15) is 0 Å². The van der Waals surface area contributed by atoms with Gasteiger partial charge in [0.25, 0.3) is 0 Å². The van der Waals surface area contributed by atoms with Gasteiger partial charge in [-0.25, -0.2) is 0 Å². The number of rotatable bonds is 9. The van der Waals surface area contributed by atoms with Crippen LogP contribution in [0.15, 0.2) is 24.3 Å². The Hall–Kier alpha value is -1.00. The van der Waals surface area contributed by atoms with E-state index in [0.717, 1.165) is 42.9 Å². The van der Waals surface area contributed by atoms with Crippen LogP contribution in [-0.2, 0) is 0 Å². The maximum Gasteiger partial charge on any atom is 0.0431 e. The van der Waals surface area contributed by atoms with Crippen LogP contribution in [0.2, 0.25) is 0 Å². The van der Waals surface area contributed by atoms with E-state index in [0.29, 0.717) is 12.5 Å². The molecule has 21 heavy (non-hydrogen) atoms. The third-order valence-electron chi connectivity index (χ3n) is 4.73. The van der Waals surface area contributed by atoms with E-state index in [1.807, 2.05) is 6.92 Å². The third-order valence-corrected chi connectivity index (χ3v) is 4.73. The fourth-order valence-electron chi connectivity index (χ4n) is 3.27. The second-order valence-electron chi connectivity index (χ2n) is 6.59. The van der Waals surface area contributed by atoms with Crippen LogP contribution in [0.3, 0.4) is 0 Å². The highest BCUT2D eigenvalue weighted by Gasteiger charge is 2.47. The molecule has 1 N–H and O–H groups in total. The molecule has 0 aromatic heterocycles. The number of hydrogen-bond donors (Lipinski definition) is 1. The number of unbranched alkanes of at least 4 members (excludes halogenated alkanes) is 1. The summed E-state index contributed by atoms with van der Waals surface area (Å²) in [5, 5.41) is 8.85. The number of aliphatic hydroxyl groups excluding tert-OH is 1. The van der Waals surface area contributed by atoms with Gasteiger partial charge in [-0.15, -0.1) is 11.8 Å². The molecule has 0 heterocycles. The van der Waals surface area contributed by atoms with Gasteiger partial charge in [-0.1, -0.05) is 57.9 Å². The molecule has 1 saturated carbocycles. The molecule has 0 spiro atoms. The highest BCUT2D eigenvalue weighted by Crippen LogP contribution is 2.52. The number of aliphatic hydroxyl groups is 1. The van der Waals surface area contributed by atoms with E-state index in [-0.39, 0.29) is 0 Å². The van der Waals surface area contributed by atoms with Crippen molar-refractivity contribution in [3.63, 3.8) is 0 Å². The van der Waals surface area contributed by atoms with Crippen molar-refractivity contribution >= 4 is 0 Å². The molecule has 0 radical (unpaired) electrons. The lowest BCUT2D eigenvalue weighted by Gasteiger charge is -2.09. The molecule has 0 bridgehead atoms. The Morgan fingerprint density at radius 1 is 1.19 bits per heavy atom. The monoisotopic (exact) mass is 288 g/mol. The zero-order valence-electron chi connectivity index (χ0n) is 14.2. The Bertz CT molecular complexity index is 396. The third kappa shape index (κ3) is 6.53.